The van der Waals surface area contributed by atoms with Gasteiger partial charge in [-0.05, 0) is 29.3 Å². The summed E-state index contributed by atoms with van der Waals surface area (Å²) in [5.74, 6) is -0.700. The predicted molar refractivity (Wildman–Crippen MR) is 96.0 cm³/mol. The average Bonchev–Trinajstić information content (AvgIpc) is 2.82. The zero-order valence-electron chi connectivity index (χ0n) is 14.0. The summed E-state index contributed by atoms with van der Waals surface area (Å²) in [6, 6.07) is 11.0. The van der Waals surface area contributed by atoms with Crippen LogP contribution < -0.4 is 4.72 Å². The van der Waals surface area contributed by atoms with E-state index in [4.69, 9.17) is 0 Å². The van der Waals surface area contributed by atoms with Crippen LogP contribution in [0.1, 0.15) is 40.5 Å². The largest absolute Gasteiger partial charge is 0.273 e. The van der Waals surface area contributed by atoms with Crippen molar-refractivity contribution in [1.29, 1.82) is 0 Å². The van der Waals surface area contributed by atoms with Crippen molar-refractivity contribution in [2.75, 3.05) is 18.8 Å². The van der Waals surface area contributed by atoms with Gasteiger partial charge in [0.05, 0.1) is 16.9 Å². The number of unbranched alkanes of at least 4 members (excludes halogenated alkanes) is 1. The Hall–Kier alpha value is -2.25. The molecule has 1 heterocycles. The van der Waals surface area contributed by atoms with Crippen LogP contribution in [0.4, 0.5) is 0 Å². The summed E-state index contributed by atoms with van der Waals surface area (Å²) in [5, 5.41) is 1.79. The Bertz CT molecular complexity index is 883. The lowest BCUT2D eigenvalue weighted by Gasteiger charge is -2.14. The van der Waals surface area contributed by atoms with Crippen molar-refractivity contribution in [3.63, 3.8) is 0 Å². The van der Waals surface area contributed by atoms with Crippen LogP contribution in [0.25, 0.3) is 10.8 Å². The average molecular weight is 360 g/mol. The molecule has 0 bridgehead atoms. The summed E-state index contributed by atoms with van der Waals surface area (Å²) in [6.45, 7) is 1.96. The Morgan fingerprint density at radius 1 is 1.00 bits per heavy atom. The molecule has 6 nitrogen and oxygen atoms in total. The van der Waals surface area contributed by atoms with Gasteiger partial charge in [-0.15, -0.1) is 0 Å². The van der Waals surface area contributed by atoms with Gasteiger partial charge in [-0.25, -0.2) is 13.1 Å². The van der Waals surface area contributed by atoms with Gasteiger partial charge in [0.2, 0.25) is 10.0 Å². The number of nitrogens with zero attached hydrogens (tertiary/aromatic N) is 1. The number of fused-ring (bicyclic) bond motifs is 2. The number of sulfonamides is 1. The number of rotatable bonds is 7. The van der Waals surface area contributed by atoms with Gasteiger partial charge in [0.25, 0.3) is 11.8 Å². The molecule has 0 atom stereocenters. The lowest BCUT2D eigenvalue weighted by Crippen LogP contribution is -2.38. The fourth-order valence-electron chi connectivity index (χ4n) is 2.90. The Labute approximate surface area is 146 Å². The van der Waals surface area contributed by atoms with Gasteiger partial charge in [0.1, 0.15) is 0 Å². The van der Waals surface area contributed by atoms with Crippen LogP contribution in [0, 0.1) is 0 Å². The van der Waals surface area contributed by atoms with Gasteiger partial charge in [-0.3, -0.25) is 14.5 Å². The molecule has 0 saturated carbocycles. The minimum atomic E-state index is -3.37. The summed E-state index contributed by atoms with van der Waals surface area (Å²) >= 11 is 0. The van der Waals surface area contributed by atoms with E-state index in [0.29, 0.717) is 17.5 Å². The van der Waals surface area contributed by atoms with Gasteiger partial charge < -0.3 is 0 Å². The van der Waals surface area contributed by atoms with Gasteiger partial charge >= 0.3 is 0 Å². The summed E-state index contributed by atoms with van der Waals surface area (Å²) in [5.41, 5.74) is 0.745. The SMILES string of the molecule is CCCCS(=O)(=O)NCCN1C(=O)c2cc3ccccc3cc2C1=O. The quantitative estimate of drug-likeness (QED) is 0.767. The Morgan fingerprint density at radius 2 is 1.56 bits per heavy atom. The maximum atomic E-state index is 12.5. The minimum Gasteiger partial charge on any atom is -0.273 e. The molecule has 0 spiro atoms. The summed E-state index contributed by atoms with van der Waals surface area (Å²) in [4.78, 5) is 26.1. The molecule has 7 heteroatoms. The monoisotopic (exact) mass is 360 g/mol. The number of imide groups is 1. The molecule has 1 aliphatic rings. The highest BCUT2D eigenvalue weighted by atomic mass is 32.2. The van der Waals surface area contributed by atoms with Crippen molar-refractivity contribution in [3.8, 4) is 0 Å². The smallest absolute Gasteiger partial charge is 0.261 e. The third-order valence-corrected chi connectivity index (χ3v) is 5.73. The van der Waals surface area contributed by atoms with Crippen molar-refractivity contribution in [2.45, 2.75) is 19.8 Å². The molecule has 2 amide bonds. The molecule has 0 aromatic heterocycles. The van der Waals surface area contributed by atoms with Crippen molar-refractivity contribution >= 4 is 32.6 Å². The van der Waals surface area contributed by atoms with E-state index in [0.717, 1.165) is 22.1 Å². The van der Waals surface area contributed by atoms with Crippen LogP contribution >= 0.6 is 0 Å². The maximum absolute atomic E-state index is 12.5. The van der Waals surface area contributed by atoms with E-state index in [1.165, 1.54) is 0 Å². The first-order valence-electron chi connectivity index (χ1n) is 8.29. The molecule has 1 aliphatic heterocycles. The first-order chi connectivity index (χ1) is 11.9. The zero-order chi connectivity index (χ0) is 18.0. The summed E-state index contributed by atoms with van der Waals surface area (Å²) in [6.07, 6.45) is 1.36. The minimum absolute atomic E-state index is 0.0219. The molecule has 0 fully saturated rings. The standard InChI is InChI=1S/C18H20N2O4S/c1-2-3-10-25(23,24)19-8-9-20-17(21)15-11-13-6-4-5-7-14(13)12-16(15)18(20)22/h4-7,11-12,19H,2-3,8-10H2,1H3. The number of hydrogen-bond donors (Lipinski definition) is 1. The third kappa shape index (κ3) is 3.57. The zero-order valence-corrected chi connectivity index (χ0v) is 14.8. The molecule has 2 aromatic rings. The van der Waals surface area contributed by atoms with Crippen molar-refractivity contribution in [1.82, 2.24) is 9.62 Å². The van der Waals surface area contributed by atoms with Crippen LogP contribution in [0.15, 0.2) is 36.4 Å². The highest BCUT2D eigenvalue weighted by Gasteiger charge is 2.35. The fraction of sp³-hybridized carbons (Fsp3) is 0.333. The molecular weight excluding hydrogens is 340 g/mol. The molecule has 1 N–H and O–H groups in total. The van der Waals surface area contributed by atoms with E-state index >= 15 is 0 Å². The number of nitrogens with one attached hydrogen (secondary N) is 1. The summed E-state index contributed by atoms with van der Waals surface area (Å²) in [7, 11) is -3.37. The lowest BCUT2D eigenvalue weighted by atomic mass is 10.0. The third-order valence-electron chi connectivity index (χ3n) is 4.26. The predicted octanol–water partition coefficient (Wildman–Crippen LogP) is 2.16. The molecule has 25 heavy (non-hydrogen) atoms. The molecule has 3 rings (SSSR count). The number of carbonyl (C=O) groups is 2. The Balaban J connectivity index is 1.73. The number of benzene rings is 2. The van der Waals surface area contributed by atoms with E-state index in [2.05, 4.69) is 4.72 Å². The van der Waals surface area contributed by atoms with Gasteiger partial charge in [0, 0.05) is 13.1 Å². The fourth-order valence-corrected chi connectivity index (χ4v) is 4.12. The number of amides is 2. The topological polar surface area (TPSA) is 83.6 Å². The number of hydrogen-bond acceptors (Lipinski definition) is 4. The Morgan fingerprint density at radius 3 is 2.08 bits per heavy atom. The number of carbonyl (C=O) groups excluding carboxylic acids is 2. The van der Waals surface area contributed by atoms with Crippen LogP contribution in [0.2, 0.25) is 0 Å². The Kier molecular flexibility index (Phi) is 4.87. The lowest BCUT2D eigenvalue weighted by molar-refractivity contribution is 0.0657. The second kappa shape index (κ2) is 6.93. The second-order valence-corrected chi connectivity index (χ2v) is 8.00. The van der Waals surface area contributed by atoms with Crippen LogP contribution in [-0.2, 0) is 10.0 Å². The molecule has 2 aromatic carbocycles. The van der Waals surface area contributed by atoms with Gasteiger partial charge in [0.15, 0.2) is 0 Å². The maximum Gasteiger partial charge on any atom is 0.261 e. The second-order valence-electron chi connectivity index (χ2n) is 6.07. The normalized spacial score (nSPS) is 14.4. The molecule has 0 unspecified atom stereocenters. The molecular formula is C18H20N2O4S. The van der Waals surface area contributed by atoms with E-state index in [1.54, 1.807) is 12.1 Å². The van der Waals surface area contributed by atoms with Gasteiger partial charge in [-0.1, -0.05) is 37.6 Å². The van der Waals surface area contributed by atoms with Crippen LogP contribution in [0.3, 0.4) is 0 Å². The van der Waals surface area contributed by atoms with Gasteiger partial charge in [-0.2, -0.15) is 0 Å². The summed E-state index contributed by atoms with van der Waals surface area (Å²) < 4.78 is 26.1. The molecule has 132 valence electrons. The van der Waals surface area contributed by atoms with E-state index in [-0.39, 0.29) is 30.7 Å². The van der Waals surface area contributed by atoms with Crippen LogP contribution in [-0.4, -0.2) is 44.0 Å². The van der Waals surface area contributed by atoms with Crippen molar-refractivity contribution in [2.24, 2.45) is 0 Å². The van der Waals surface area contributed by atoms with Crippen molar-refractivity contribution in [3.05, 3.63) is 47.5 Å². The van der Waals surface area contributed by atoms with E-state index in [1.807, 2.05) is 31.2 Å². The molecule has 0 aliphatic carbocycles. The van der Waals surface area contributed by atoms with Crippen molar-refractivity contribution < 1.29 is 18.0 Å². The van der Waals surface area contributed by atoms with E-state index in [9.17, 15) is 18.0 Å². The molecule has 0 saturated heterocycles. The molecule has 0 radical (unpaired) electrons. The first-order valence-corrected chi connectivity index (χ1v) is 9.94. The van der Waals surface area contributed by atoms with E-state index < -0.39 is 10.0 Å². The van der Waals surface area contributed by atoms with Crippen LogP contribution in [0.5, 0.6) is 0 Å². The highest BCUT2D eigenvalue weighted by Crippen LogP contribution is 2.27. The first kappa shape index (κ1) is 17.6. The highest BCUT2D eigenvalue weighted by molar-refractivity contribution is 7.89.